The predicted octanol–water partition coefficient (Wildman–Crippen LogP) is 24.7. The molecule has 0 heterocycles. The van der Waals surface area contributed by atoms with Crippen LogP contribution in [0.25, 0.3) is 0 Å². The van der Waals surface area contributed by atoms with Crippen LogP contribution in [0.3, 0.4) is 0 Å². The van der Waals surface area contributed by atoms with Gasteiger partial charge in [-0.2, -0.15) is 0 Å². The molecular weight excluding hydrogens is 997 g/mol. The number of allylic oxidation sites excluding steroid dienone is 10. The summed E-state index contributed by atoms with van der Waals surface area (Å²) in [6.45, 7) is 6.52. The van der Waals surface area contributed by atoms with Crippen molar-refractivity contribution in [2.75, 3.05) is 13.2 Å². The van der Waals surface area contributed by atoms with Gasteiger partial charge in [-0.1, -0.05) is 351 Å². The van der Waals surface area contributed by atoms with Gasteiger partial charge in [0, 0.05) is 19.3 Å². The molecule has 0 aromatic rings. The molecule has 81 heavy (non-hydrogen) atoms. The first-order valence-electron chi connectivity index (χ1n) is 35.8. The minimum absolute atomic E-state index is 0.0913. The molecule has 0 rings (SSSR count). The molecule has 6 nitrogen and oxygen atoms in total. The van der Waals surface area contributed by atoms with E-state index in [2.05, 4.69) is 75.5 Å². The zero-order valence-electron chi connectivity index (χ0n) is 54.3. The molecule has 0 aromatic heterocycles. The molecule has 0 radical (unpaired) electrons. The van der Waals surface area contributed by atoms with Crippen molar-refractivity contribution in [3.63, 3.8) is 0 Å². The number of unbranched alkanes of at least 4 members (excludes halogenated alkanes) is 45. The quantitative estimate of drug-likeness (QED) is 0.0261. The highest BCUT2D eigenvalue weighted by molar-refractivity contribution is 5.71. The van der Waals surface area contributed by atoms with Gasteiger partial charge in [0.25, 0.3) is 0 Å². The number of esters is 3. The third kappa shape index (κ3) is 67.8. The van der Waals surface area contributed by atoms with E-state index in [-0.39, 0.29) is 37.5 Å². The van der Waals surface area contributed by atoms with Crippen LogP contribution < -0.4 is 0 Å². The van der Waals surface area contributed by atoms with Crippen molar-refractivity contribution in [3.8, 4) is 0 Å². The van der Waals surface area contributed by atoms with Gasteiger partial charge in [-0.25, -0.2) is 0 Å². The van der Waals surface area contributed by atoms with Crippen LogP contribution >= 0.6 is 0 Å². The van der Waals surface area contributed by atoms with Crippen molar-refractivity contribution in [2.45, 2.75) is 386 Å². The van der Waals surface area contributed by atoms with Gasteiger partial charge >= 0.3 is 17.9 Å². The lowest BCUT2D eigenvalue weighted by Crippen LogP contribution is -2.30. The summed E-state index contributed by atoms with van der Waals surface area (Å²) in [5, 5.41) is 0. The first-order valence-corrected chi connectivity index (χ1v) is 35.8. The van der Waals surface area contributed by atoms with Crippen LogP contribution in [-0.4, -0.2) is 37.2 Å². The molecule has 0 spiro atoms. The molecule has 1 unspecified atom stereocenters. The molecule has 6 heteroatoms. The maximum absolute atomic E-state index is 12.9. The van der Waals surface area contributed by atoms with E-state index in [0.29, 0.717) is 19.3 Å². The minimum atomic E-state index is -0.801. The SMILES string of the molecule is CC/C=C\C/C=C\C/C=C\C/C=C\CCC(=O)OCC(COC(=O)CCCCCCCCCCCCCCCCCCCCC/C=C\CCCCCCCCCC)OC(=O)CCCCCCCCCCCCCCCCCCCCC. The van der Waals surface area contributed by atoms with Crippen molar-refractivity contribution in [1.82, 2.24) is 0 Å². The van der Waals surface area contributed by atoms with E-state index in [1.165, 1.54) is 270 Å². The second kappa shape index (κ2) is 69.6. The van der Waals surface area contributed by atoms with Crippen LogP contribution in [-0.2, 0) is 28.6 Å². The standard InChI is InChI=1S/C75H136O6/c1-4-7-10-13-16-19-22-25-27-29-31-32-33-34-35-36-37-38-39-40-41-42-44-45-47-50-53-56-59-62-65-68-74(77)80-71-72(70-79-73(76)67-64-61-58-55-52-49-24-21-18-15-12-9-6-3)81-75(78)69-66-63-60-57-54-51-48-46-43-30-28-26-23-20-17-14-11-8-5-2/h9,12,18,21,29,31,49,52,58,61,72H,4-8,10-11,13-17,19-20,22-28,30,32-48,50-51,53-57,59-60,62-71H2,1-3H3/b12-9-,21-18-,31-29-,52-49-,61-58-. The average Bonchev–Trinajstić information content (AvgIpc) is 3.46. The summed E-state index contributed by atoms with van der Waals surface area (Å²) in [5.41, 5.74) is 0. The molecule has 0 amide bonds. The predicted molar refractivity (Wildman–Crippen MR) is 353 cm³/mol. The first kappa shape index (κ1) is 78.1. The Morgan fingerprint density at radius 3 is 0.827 bits per heavy atom. The van der Waals surface area contributed by atoms with Crippen LogP contribution in [0.4, 0.5) is 0 Å². The molecule has 0 saturated carbocycles. The fraction of sp³-hybridized carbons (Fsp3) is 0.827. The molecule has 0 saturated heterocycles. The van der Waals surface area contributed by atoms with Crippen LogP contribution in [0.5, 0.6) is 0 Å². The zero-order valence-corrected chi connectivity index (χ0v) is 54.3. The second-order valence-electron chi connectivity index (χ2n) is 24.1. The Hall–Kier alpha value is -2.89. The van der Waals surface area contributed by atoms with Gasteiger partial charge < -0.3 is 14.2 Å². The second-order valence-corrected chi connectivity index (χ2v) is 24.1. The topological polar surface area (TPSA) is 78.9 Å². The lowest BCUT2D eigenvalue weighted by molar-refractivity contribution is -0.166. The third-order valence-electron chi connectivity index (χ3n) is 16.0. The van der Waals surface area contributed by atoms with Crippen LogP contribution in [0.15, 0.2) is 60.8 Å². The Bertz CT molecular complexity index is 1440. The number of hydrogen-bond acceptors (Lipinski definition) is 6. The number of rotatable bonds is 66. The summed E-state index contributed by atoms with van der Waals surface area (Å²) in [6.07, 6.45) is 90.0. The molecule has 0 aliphatic carbocycles. The lowest BCUT2D eigenvalue weighted by atomic mass is 10.0. The molecule has 0 bridgehead atoms. The molecule has 0 fully saturated rings. The van der Waals surface area contributed by atoms with Crippen molar-refractivity contribution in [1.29, 1.82) is 0 Å². The van der Waals surface area contributed by atoms with Gasteiger partial charge in [0.15, 0.2) is 6.10 Å². The Labute approximate surface area is 504 Å². The van der Waals surface area contributed by atoms with Gasteiger partial charge in [-0.15, -0.1) is 0 Å². The summed E-state index contributed by atoms with van der Waals surface area (Å²) >= 11 is 0. The minimum Gasteiger partial charge on any atom is -0.462 e. The summed E-state index contributed by atoms with van der Waals surface area (Å²) < 4.78 is 16.9. The summed E-state index contributed by atoms with van der Waals surface area (Å²) in [5.74, 6) is -0.952. The van der Waals surface area contributed by atoms with E-state index in [1.54, 1.807) is 0 Å². The van der Waals surface area contributed by atoms with Crippen LogP contribution in [0, 0.1) is 0 Å². The summed E-state index contributed by atoms with van der Waals surface area (Å²) in [7, 11) is 0. The zero-order chi connectivity index (χ0) is 58.5. The Morgan fingerprint density at radius 2 is 0.506 bits per heavy atom. The highest BCUT2D eigenvalue weighted by Gasteiger charge is 2.19. The van der Waals surface area contributed by atoms with Crippen LogP contribution in [0.2, 0.25) is 0 Å². The smallest absolute Gasteiger partial charge is 0.306 e. The van der Waals surface area contributed by atoms with Crippen molar-refractivity contribution in [2.24, 2.45) is 0 Å². The molecule has 0 aliphatic heterocycles. The molecule has 0 aromatic carbocycles. The van der Waals surface area contributed by atoms with E-state index in [1.807, 2.05) is 6.08 Å². The van der Waals surface area contributed by atoms with Crippen molar-refractivity contribution >= 4 is 17.9 Å². The van der Waals surface area contributed by atoms with E-state index in [9.17, 15) is 14.4 Å². The Kier molecular flexibility index (Phi) is 67.1. The molecule has 0 aliphatic rings. The van der Waals surface area contributed by atoms with Gasteiger partial charge in [0.1, 0.15) is 13.2 Å². The summed E-state index contributed by atoms with van der Waals surface area (Å²) in [6, 6.07) is 0. The fourth-order valence-electron chi connectivity index (χ4n) is 10.7. The molecule has 472 valence electrons. The molecule has 0 N–H and O–H groups in total. The molecular formula is C75H136O6. The van der Waals surface area contributed by atoms with Gasteiger partial charge in [-0.05, 0) is 70.6 Å². The van der Waals surface area contributed by atoms with Crippen molar-refractivity contribution in [3.05, 3.63) is 60.8 Å². The number of carbonyl (C=O) groups is 3. The van der Waals surface area contributed by atoms with E-state index in [0.717, 1.165) is 64.2 Å². The highest BCUT2D eigenvalue weighted by atomic mass is 16.6. The number of carbonyl (C=O) groups excluding carboxylic acids is 3. The largest absolute Gasteiger partial charge is 0.462 e. The average molecular weight is 1130 g/mol. The van der Waals surface area contributed by atoms with E-state index in [4.69, 9.17) is 14.2 Å². The first-order chi connectivity index (χ1) is 40.0. The number of hydrogen-bond donors (Lipinski definition) is 0. The molecule has 1 atom stereocenters. The van der Waals surface area contributed by atoms with Gasteiger partial charge in [-0.3, -0.25) is 14.4 Å². The number of ether oxygens (including phenoxy) is 3. The monoisotopic (exact) mass is 1130 g/mol. The maximum atomic E-state index is 12.9. The lowest BCUT2D eigenvalue weighted by Gasteiger charge is -2.18. The fourth-order valence-corrected chi connectivity index (χ4v) is 10.7. The van der Waals surface area contributed by atoms with E-state index < -0.39 is 6.10 Å². The Morgan fingerprint density at radius 1 is 0.259 bits per heavy atom. The Balaban J connectivity index is 4.18. The third-order valence-corrected chi connectivity index (χ3v) is 16.0. The van der Waals surface area contributed by atoms with Gasteiger partial charge in [0.05, 0.1) is 0 Å². The highest BCUT2D eigenvalue weighted by Crippen LogP contribution is 2.18. The maximum Gasteiger partial charge on any atom is 0.306 e. The van der Waals surface area contributed by atoms with Crippen molar-refractivity contribution < 1.29 is 28.6 Å². The van der Waals surface area contributed by atoms with E-state index >= 15 is 0 Å². The summed E-state index contributed by atoms with van der Waals surface area (Å²) in [4.78, 5) is 38.3. The normalized spacial score (nSPS) is 12.4. The van der Waals surface area contributed by atoms with Gasteiger partial charge in [0.2, 0.25) is 0 Å². The van der Waals surface area contributed by atoms with Crippen LogP contribution in [0.1, 0.15) is 380 Å².